The Morgan fingerprint density at radius 1 is 0.190 bits per heavy atom. The lowest BCUT2D eigenvalue weighted by Crippen LogP contribution is -2.14. The van der Waals surface area contributed by atoms with Gasteiger partial charge in [0.15, 0.2) is 40.8 Å². The van der Waals surface area contributed by atoms with Crippen molar-refractivity contribution in [2.45, 2.75) is 72.6 Å². The van der Waals surface area contributed by atoms with Gasteiger partial charge in [-0.3, -0.25) is 0 Å². The van der Waals surface area contributed by atoms with Crippen molar-refractivity contribution in [3.63, 3.8) is 0 Å². The van der Waals surface area contributed by atoms with Crippen molar-refractivity contribution in [1.82, 2.24) is 53.6 Å². The standard InChI is InChI=1S/C44H30N4.2C42H30N4.2CH4/c1-44(2)37-20-8-6-18-33(37)35-24-36-34-19-7-9-21-41(34)48(42(36)25-38(35)44)32-17-11-16-31(23-32)43-46-39(29-13-4-3-5-14-29)26-40(47-43)30-15-10-12-28(22-30)27-45;1-42(2)35-22-11-9-20-31(35)33-26-38-34(25-36(33)42)32-21-10-12-23-37(32)46(38)30-19-13-18-29(24-30)41-44-39(27-14-5-3-6-15-27)43-40(45-41)28-16-7-4-8-17-28;1-42(2)35-19-11-9-17-31(35)33-26-38-34(25-36(33)42)32-18-10-12-20-37(32)46(38)30-23-21-29(22-24-30)41-44-39(27-13-5-3-6-14-27)43-40(45-41)28-15-7-4-8-16-28;;/h3-26H,1-2H3;2*3-26H,1-2H3;2*1H4. The van der Waals surface area contributed by atoms with E-state index in [1.54, 1.807) is 0 Å². The van der Waals surface area contributed by atoms with Gasteiger partial charge in [0.1, 0.15) is 0 Å². The molecule has 0 spiro atoms. The molecule has 0 atom stereocenters. The maximum absolute atomic E-state index is 9.59. The first-order valence-corrected chi connectivity index (χ1v) is 47.7. The van der Waals surface area contributed by atoms with Crippen LogP contribution in [0.25, 0.3) is 218 Å². The minimum absolute atomic E-state index is 0. The van der Waals surface area contributed by atoms with Crippen LogP contribution in [0.3, 0.4) is 0 Å². The average molecular weight is 1830 g/mol. The summed E-state index contributed by atoms with van der Waals surface area (Å²) in [6.45, 7) is 14.0. The second-order valence-corrected chi connectivity index (χ2v) is 38.1. The molecule has 0 unspecified atom stereocenters. The molecule has 6 heterocycles. The largest absolute Gasteiger partial charge is 0.309 e. The number of nitriles is 1. The van der Waals surface area contributed by atoms with Crippen molar-refractivity contribution in [1.29, 1.82) is 5.26 Å². The van der Waals surface area contributed by atoms with Crippen molar-refractivity contribution in [2.24, 2.45) is 0 Å². The van der Waals surface area contributed by atoms with Gasteiger partial charge >= 0.3 is 0 Å². The number of rotatable bonds is 12. The summed E-state index contributed by atoms with van der Waals surface area (Å²) in [6.07, 6.45) is 0. The molecule has 12 nitrogen and oxygen atoms in total. The van der Waals surface area contributed by atoms with Crippen LogP contribution in [0.4, 0.5) is 0 Å². The summed E-state index contributed by atoms with van der Waals surface area (Å²) >= 11 is 0. The zero-order valence-electron chi connectivity index (χ0n) is 77.9. The molecule has 0 N–H and O–H groups in total. The summed E-state index contributed by atoms with van der Waals surface area (Å²) < 4.78 is 7.16. The summed E-state index contributed by atoms with van der Waals surface area (Å²) in [4.78, 5) is 39.8. The predicted molar refractivity (Wildman–Crippen MR) is 584 cm³/mol. The molecule has 0 aliphatic heterocycles. The van der Waals surface area contributed by atoms with Gasteiger partial charge in [-0.1, -0.05) is 372 Å². The number of para-hydroxylation sites is 3. The third-order valence-corrected chi connectivity index (χ3v) is 28.7. The lowest BCUT2D eigenvalue weighted by molar-refractivity contribution is 0.661. The highest BCUT2D eigenvalue weighted by atomic mass is 15.1. The van der Waals surface area contributed by atoms with Crippen molar-refractivity contribution < 1.29 is 0 Å². The summed E-state index contributed by atoms with van der Waals surface area (Å²) in [7, 11) is 0. The lowest BCUT2D eigenvalue weighted by Gasteiger charge is -2.21. The quantitative estimate of drug-likeness (QED) is 0.117. The third kappa shape index (κ3) is 14.9. The van der Waals surface area contributed by atoms with Gasteiger partial charge in [-0.05, 0) is 188 Å². The van der Waals surface area contributed by atoms with Gasteiger partial charge in [0.05, 0.1) is 56.1 Å². The molecule has 678 valence electrons. The molecule has 12 heteroatoms. The molecule has 0 saturated carbocycles. The highest BCUT2D eigenvalue weighted by Crippen LogP contribution is 2.55. The molecule has 3 aliphatic carbocycles. The van der Waals surface area contributed by atoms with Crippen molar-refractivity contribution in [3.05, 3.63) is 476 Å². The molecule has 0 fully saturated rings. The number of fused-ring (bicyclic) bond motifs is 18. The van der Waals surface area contributed by atoms with Gasteiger partial charge in [0, 0.05) is 116 Å². The van der Waals surface area contributed by atoms with E-state index in [1.165, 1.54) is 127 Å². The van der Waals surface area contributed by atoms with Crippen LogP contribution in [-0.4, -0.2) is 53.6 Å². The first-order valence-electron chi connectivity index (χ1n) is 47.7. The molecular weight excluding hydrogens is 1730 g/mol. The number of hydrogen-bond acceptors (Lipinski definition) is 9. The Morgan fingerprint density at radius 2 is 0.479 bits per heavy atom. The van der Waals surface area contributed by atoms with E-state index in [9.17, 15) is 5.26 Å². The first-order chi connectivity index (χ1) is 68.6. The number of benzene rings is 18. The summed E-state index contributed by atoms with van der Waals surface area (Å²) in [5.41, 5.74) is 37.0. The Balaban J connectivity index is 0.000000118. The Hall–Kier alpha value is -18.1. The highest BCUT2D eigenvalue weighted by Gasteiger charge is 2.40. The third-order valence-electron chi connectivity index (χ3n) is 28.7. The molecule has 142 heavy (non-hydrogen) atoms. The second-order valence-electron chi connectivity index (χ2n) is 38.1. The summed E-state index contributed by atoms with van der Waals surface area (Å²) in [5.74, 6) is 4.56. The molecule has 3 aliphatic rings. The van der Waals surface area contributed by atoms with E-state index in [1.807, 2.05) is 170 Å². The van der Waals surface area contributed by atoms with Crippen LogP contribution >= 0.6 is 0 Å². The van der Waals surface area contributed by atoms with Crippen LogP contribution in [0.1, 0.15) is 95.3 Å². The maximum atomic E-state index is 9.59. The van der Waals surface area contributed by atoms with Gasteiger partial charge in [-0.2, -0.15) is 5.26 Å². The van der Waals surface area contributed by atoms with E-state index in [2.05, 4.69) is 328 Å². The SMILES string of the molecule is C.C.CC1(C)c2ccccc2-c2cc3c(cc21)c1ccccc1n3-c1ccc(-c2nc(-c3ccccc3)nc(-c3ccccc3)n2)cc1.CC1(C)c2ccccc2-c2cc3c(cc21)c1ccccc1n3-c1cccc(-c2nc(-c3ccccc3)nc(-c3ccccc3)n2)c1.CC1(C)c2ccccc2-c2cc3c4ccccc4n(-c4cccc(-c5nc(-c6ccccc6)cc(-c6cccc(C#N)c6)n5)c4)c3cc21. The van der Waals surface area contributed by atoms with E-state index in [0.29, 0.717) is 46.3 Å². The van der Waals surface area contributed by atoms with E-state index >= 15 is 0 Å². The Labute approximate surface area is 825 Å². The van der Waals surface area contributed by atoms with Gasteiger partial charge in [-0.15, -0.1) is 0 Å². The fourth-order valence-corrected chi connectivity index (χ4v) is 21.8. The summed E-state index contributed by atoms with van der Waals surface area (Å²) in [6, 6.07) is 155. The molecule has 0 radical (unpaired) electrons. The molecule has 0 amide bonds. The van der Waals surface area contributed by atoms with Crippen LogP contribution < -0.4 is 0 Å². The van der Waals surface area contributed by atoms with E-state index < -0.39 is 0 Å². The smallest absolute Gasteiger partial charge is 0.164 e. The van der Waals surface area contributed by atoms with Crippen LogP contribution in [-0.2, 0) is 16.2 Å². The maximum Gasteiger partial charge on any atom is 0.164 e. The van der Waals surface area contributed by atoms with Crippen molar-refractivity contribution in [2.75, 3.05) is 0 Å². The summed E-state index contributed by atoms with van der Waals surface area (Å²) in [5, 5.41) is 17.1. The molecule has 0 bridgehead atoms. The van der Waals surface area contributed by atoms with Gasteiger partial charge in [0.25, 0.3) is 0 Å². The van der Waals surface area contributed by atoms with Gasteiger partial charge in [-0.25, -0.2) is 39.9 Å². The normalized spacial score (nSPS) is 12.9. The number of aromatic nitrogens is 11. The van der Waals surface area contributed by atoms with Crippen LogP contribution in [0, 0.1) is 11.3 Å². The number of hydrogen-bond donors (Lipinski definition) is 0. The van der Waals surface area contributed by atoms with Crippen LogP contribution in [0.15, 0.2) is 437 Å². The average Bonchev–Trinajstić information content (AvgIpc) is 1.56. The minimum Gasteiger partial charge on any atom is -0.309 e. The predicted octanol–water partition coefficient (Wildman–Crippen LogP) is 32.6. The highest BCUT2D eigenvalue weighted by molar-refractivity contribution is 6.15. The lowest BCUT2D eigenvalue weighted by atomic mass is 9.82. The first kappa shape index (κ1) is 88.0. The van der Waals surface area contributed by atoms with Crippen molar-refractivity contribution in [3.8, 4) is 159 Å². The zero-order chi connectivity index (χ0) is 94.1. The monoisotopic (exact) mass is 1830 g/mol. The molecule has 27 rings (SSSR count). The Morgan fingerprint density at radius 3 is 0.880 bits per heavy atom. The topological polar surface area (TPSA) is 142 Å². The number of nitrogens with zero attached hydrogens (tertiary/aromatic N) is 12. The van der Waals surface area contributed by atoms with E-state index in [0.717, 1.165) is 84.0 Å². The molecule has 0 saturated heterocycles. The Kier molecular flexibility index (Phi) is 21.8. The van der Waals surface area contributed by atoms with Crippen molar-refractivity contribution >= 4 is 65.4 Å². The zero-order valence-corrected chi connectivity index (χ0v) is 77.9. The Bertz CT molecular complexity index is 9030. The minimum atomic E-state index is -0.103. The van der Waals surface area contributed by atoms with E-state index in [-0.39, 0.29) is 31.1 Å². The van der Waals surface area contributed by atoms with Crippen LogP contribution in [0.2, 0.25) is 0 Å². The fraction of sp³-hybridized carbons (Fsp3) is 0.0846. The van der Waals surface area contributed by atoms with E-state index in [4.69, 9.17) is 39.9 Å². The molecule has 18 aromatic carbocycles. The van der Waals surface area contributed by atoms with Crippen LogP contribution in [0.5, 0.6) is 0 Å². The van der Waals surface area contributed by atoms with Gasteiger partial charge in [0.2, 0.25) is 0 Å². The molecular formula is C130H98N12. The molecule has 6 aromatic heterocycles. The second kappa shape index (κ2) is 35.2. The molecule has 24 aromatic rings. The van der Waals surface area contributed by atoms with Gasteiger partial charge < -0.3 is 13.7 Å². The fourth-order valence-electron chi connectivity index (χ4n) is 21.8.